The summed E-state index contributed by atoms with van der Waals surface area (Å²) in [5, 5.41) is 3.44. The van der Waals surface area contributed by atoms with Crippen molar-refractivity contribution in [3.63, 3.8) is 0 Å². The summed E-state index contributed by atoms with van der Waals surface area (Å²) in [6.45, 7) is 7.52. The van der Waals surface area contributed by atoms with E-state index in [0.717, 1.165) is 30.5 Å². The summed E-state index contributed by atoms with van der Waals surface area (Å²) in [6, 6.07) is 6.97. The van der Waals surface area contributed by atoms with Crippen molar-refractivity contribution in [2.24, 2.45) is 0 Å². The molecule has 1 N–H and O–H groups in total. The maximum Gasteiger partial charge on any atom is 0.322 e. The molecule has 0 aliphatic carbocycles. The highest BCUT2D eigenvalue weighted by atomic mass is 35.5. The smallest absolute Gasteiger partial charge is 0.322 e. The van der Waals surface area contributed by atoms with Gasteiger partial charge in [0.1, 0.15) is 11.6 Å². The van der Waals surface area contributed by atoms with Crippen molar-refractivity contribution in [1.29, 1.82) is 0 Å². The van der Waals surface area contributed by atoms with Crippen LogP contribution < -0.4 is 19.9 Å². The minimum atomic E-state index is -0.173. The summed E-state index contributed by atoms with van der Waals surface area (Å²) in [5.41, 5.74) is 1.49. The van der Waals surface area contributed by atoms with E-state index in [2.05, 4.69) is 20.1 Å². The number of amides is 2. The lowest BCUT2D eigenvalue weighted by Gasteiger charge is -2.36. The van der Waals surface area contributed by atoms with E-state index in [4.69, 9.17) is 26.1 Å². The number of carbonyl (C=O) groups excluding carboxylic acids is 1. The predicted molar refractivity (Wildman–Crippen MR) is 121 cm³/mol. The Kier molecular flexibility index (Phi) is 6.62. The molecular formula is C21H27ClN6O3. The lowest BCUT2D eigenvalue weighted by Crippen LogP contribution is -2.50. The Bertz CT molecular complexity index is 929. The second kappa shape index (κ2) is 9.57. The highest BCUT2D eigenvalue weighted by Crippen LogP contribution is 2.28. The van der Waals surface area contributed by atoms with Gasteiger partial charge in [-0.1, -0.05) is 11.6 Å². The molecule has 166 valence electrons. The predicted octanol–water partition coefficient (Wildman–Crippen LogP) is 2.64. The lowest BCUT2D eigenvalue weighted by atomic mass is 10.3. The molecule has 4 rings (SSSR count). The van der Waals surface area contributed by atoms with Crippen LogP contribution in [0, 0.1) is 6.92 Å². The zero-order valence-electron chi connectivity index (χ0n) is 17.8. The minimum absolute atomic E-state index is 0.173. The zero-order chi connectivity index (χ0) is 21.8. The van der Waals surface area contributed by atoms with Crippen molar-refractivity contribution in [3.05, 3.63) is 35.0 Å². The number of rotatable bonds is 4. The number of anilines is 3. The Balaban J connectivity index is 1.39. The van der Waals surface area contributed by atoms with E-state index in [0.29, 0.717) is 55.9 Å². The highest BCUT2D eigenvalue weighted by Gasteiger charge is 2.24. The number of hydrogen-bond acceptors (Lipinski definition) is 7. The number of nitrogens with zero attached hydrogens (tertiary/aromatic N) is 5. The summed E-state index contributed by atoms with van der Waals surface area (Å²) >= 11 is 6.06. The second-order valence-corrected chi connectivity index (χ2v) is 7.95. The summed E-state index contributed by atoms with van der Waals surface area (Å²) in [5.74, 6) is 2.21. The van der Waals surface area contributed by atoms with Gasteiger partial charge < -0.3 is 29.5 Å². The fraction of sp³-hybridized carbons (Fsp3) is 0.476. The standard InChI is InChI=1S/C21H27ClN6O3/c1-15-13-19(25-20(23-15)27-9-11-31-12-10-27)26-5-7-28(8-6-26)21(29)24-17-14-16(22)3-4-18(17)30-2/h3-4,13-14H,5-12H2,1-2H3,(H,24,29). The van der Waals surface area contributed by atoms with E-state index < -0.39 is 0 Å². The van der Waals surface area contributed by atoms with Crippen LogP contribution in [0.4, 0.5) is 22.2 Å². The molecule has 2 aliphatic heterocycles. The van der Waals surface area contributed by atoms with Crippen LogP contribution >= 0.6 is 11.6 Å². The van der Waals surface area contributed by atoms with Gasteiger partial charge in [-0.05, 0) is 25.1 Å². The van der Waals surface area contributed by atoms with Gasteiger partial charge >= 0.3 is 6.03 Å². The Morgan fingerprint density at radius 1 is 1.06 bits per heavy atom. The molecule has 2 aliphatic rings. The molecule has 3 heterocycles. The fourth-order valence-electron chi connectivity index (χ4n) is 3.71. The number of ether oxygens (including phenoxy) is 2. The van der Waals surface area contributed by atoms with Crippen molar-refractivity contribution in [2.75, 3.05) is 74.7 Å². The number of benzene rings is 1. The first-order valence-corrected chi connectivity index (χ1v) is 10.7. The first-order valence-electron chi connectivity index (χ1n) is 10.4. The first kappa shape index (κ1) is 21.5. The SMILES string of the molecule is COc1ccc(Cl)cc1NC(=O)N1CCN(c2cc(C)nc(N3CCOCC3)n2)CC1. The summed E-state index contributed by atoms with van der Waals surface area (Å²) < 4.78 is 10.7. The Labute approximate surface area is 186 Å². The van der Waals surface area contributed by atoms with E-state index in [-0.39, 0.29) is 6.03 Å². The molecule has 31 heavy (non-hydrogen) atoms. The number of carbonyl (C=O) groups is 1. The normalized spacial score (nSPS) is 16.9. The quantitative estimate of drug-likeness (QED) is 0.772. The summed E-state index contributed by atoms with van der Waals surface area (Å²) in [7, 11) is 1.56. The highest BCUT2D eigenvalue weighted by molar-refractivity contribution is 6.31. The molecule has 0 spiro atoms. The molecule has 1 aromatic heterocycles. The van der Waals surface area contributed by atoms with Gasteiger partial charge in [-0.2, -0.15) is 4.98 Å². The van der Waals surface area contributed by atoms with Gasteiger partial charge in [0, 0.05) is 56.1 Å². The van der Waals surface area contributed by atoms with Gasteiger partial charge in [0.15, 0.2) is 0 Å². The van der Waals surface area contributed by atoms with Crippen LogP contribution in [0.5, 0.6) is 5.75 Å². The molecule has 2 fully saturated rings. The van der Waals surface area contributed by atoms with Gasteiger partial charge in [-0.25, -0.2) is 9.78 Å². The maximum atomic E-state index is 12.8. The number of halogens is 1. The third-order valence-electron chi connectivity index (χ3n) is 5.42. The van der Waals surface area contributed by atoms with E-state index in [1.807, 2.05) is 13.0 Å². The Morgan fingerprint density at radius 2 is 1.81 bits per heavy atom. The molecule has 0 atom stereocenters. The number of piperazine rings is 1. The number of morpholine rings is 1. The van der Waals surface area contributed by atoms with Crippen LogP contribution in [-0.4, -0.2) is 80.5 Å². The molecule has 0 saturated carbocycles. The average Bonchev–Trinajstić information content (AvgIpc) is 2.79. The number of aromatic nitrogens is 2. The van der Waals surface area contributed by atoms with Gasteiger partial charge in [0.25, 0.3) is 0 Å². The molecule has 0 unspecified atom stereocenters. The molecule has 2 saturated heterocycles. The van der Waals surface area contributed by atoms with E-state index >= 15 is 0 Å². The molecule has 0 radical (unpaired) electrons. The van der Waals surface area contributed by atoms with Gasteiger partial charge in [0.05, 0.1) is 26.0 Å². The molecule has 9 nitrogen and oxygen atoms in total. The minimum Gasteiger partial charge on any atom is -0.495 e. The third kappa shape index (κ3) is 5.11. The van der Waals surface area contributed by atoms with Crippen LogP contribution in [0.1, 0.15) is 5.69 Å². The molecule has 0 bridgehead atoms. The Hall–Kier alpha value is -2.78. The number of nitrogens with one attached hydrogen (secondary N) is 1. The number of methoxy groups -OCH3 is 1. The van der Waals surface area contributed by atoms with Crippen LogP contribution in [0.15, 0.2) is 24.3 Å². The van der Waals surface area contributed by atoms with Crippen molar-refractivity contribution in [1.82, 2.24) is 14.9 Å². The molecule has 2 amide bonds. The number of hydrogen-bond donors (Lipinski definition) is 1. The third-order valence-corrected chi connectivity index (χ3v) is 5.65. The maximum absolute atomic E-state index is 12.8. The monoisotopic (exact) mass is 446 g/mol. The first-order chi connectivity index (χ1) is 15.0. The van der Waals surface area contributed by atoms with Crippen LogP contribution in [0.2, 0.25) is 5.02 Å². The van der Waals surface area contributed by atoms with Gasteiger partial charge in [-0.3, -0.25) is 0 Å². The van der Waals surface area contributed by atoms with E-state index in [1.54, 1.807) is 30.2 Å². The van der Waals surface area contributed by atoms with Crippen LogP contribution in [0.3, 0.4) is 0 Å². The van der Waals surface area contributed by atoms with E-state index in [9.17, 15) is 4.79 Å². The molecule has 10 heteroatoms. The molecule has 2 aromatic rings. The van der Waals surface area contributed by atoms with Crippen molar-refractivity contribution < 1.29 is 14.3 Å². The largest absolute Gasteiger partial charge is 0.495 e. The average molecular weight is 447 g/mol. The number of aryl methyl sites for hydroxylation is 1. The zero-order valence-corrected chi connectivity index (χ0v) is 18.6. The fourth-order valence-corrected chi connectivity index (χ4v) is 3.89. The molecular weight excluding hydrogens is 420 g/mol. The van der Waals surface area contributed by atoms with Gasteiger partial charge in [0.2, 0.25) is 5.95 Å². The molecule has 1 aromatic carbocycles. The summed E-state index contributed by atoms with van der Waals surface area (Å²) in [4.78, 5) is 28.3. The summed E-state index contributed by atoms with van der Waals surface area (Å²) in [6.07, 6.45) is 0. The second-order valence-electron chi connectivity index (χ2n) is 7.52. The Morgan fingerprint density at radius 3 is 2.52 bits per heavy atom. The topological polar surface area (TPSA) is 83.1 Å². The van der Waals surface area contributed by atoms with Crippen LogP contribution in [-0.2, 0) is 4.74 Å². The van der Waals surface area contributed by atoms with Crippen molar-refractivity contribution >= 4 is 35.1 Å². The van der Waals surface area contributed by atoms with Crippen molar-refractivity contribution in [3.8, 4) is 5.75 Å². The van der Waals surface area contributed by atoms with Crippen molar-refractivity contribution in [2.45, 2.75) is 6.92 Å². The van der Waals surface area contributed by atoms with Gasteiger partial charge in [-0.15, -0.1) is 0 Å². The van der Waals surface area contributed by atoms with Crippen LogP contribution in [0.25, 0.3) is 0 Å². The lowest BCUT2D eigenvalue weighted by molar-refractivity contribution is 0.122. The number of urea groups is 1. The van der Waals surface area contributed by atoms with E-state index in [1.165, 1.54) is 0 Å².